The molecule has 0 fully saturated rings. The Morgan fingerprint density at radius 1 is 0.310 bits per heavy atom. The van der Waals surface area contributed by atoms with Crippen LogP contribution in [0.25, 0.3) is 0 Å². The maximum Gasteiger partial charge on any atom is 0.472 e. The summed E-state index contributed by atoms with van der Waals surface area (Å²) in [6.45, 7) is 7.14. The van der Waals surface area contributed by atoms with Crippen LogP contribution >= 0.6 is 15.6 Å². The maximum absolute atomic E-state index is 13.0. The van der Waals surface area contributed by atoms with Crippen LogP contribution in [0, 0.1) is 5.92 Å². The normalized spacial score (nSPS) is 14.1. The molecule has 17 nitrogen and oxygen atoms in total. The van der Waals surface area contributed by atoms with Crippen molar-refractivity contribution in [3.8, 4) is 0 Å². The number of hydrogen-bond donors (Lipinski definition) is 3. The van der Waals surface area contributed by atoms with E-state index in [-0.39, 0.29) is 25.7 Å². The molecule has 3 N–H and O–H groups in total. The largest absolute Gasteiger partial charge is 0.472 e. The number of ether oxygens (including phenoxy) is 4. The third-order valence-corrected chi connectivity index (χ3v) is 17.7. The molecule has 0 saturated heterocycles. The fraction of sp³-hybridized carbons (Fsp3) is 0.941. The van der Waals surface area contributed by atoms with Gasteiger partial charge in [-0.1, -0.05) is 298 Å². The van der Waals surface area contributed by atoms with Gasteiger partial charge in [0.1, 0.15) is 19.3 Å². The lowest BCUT2D eigenvalue weighted by Crippen LogP contribution is -2.30. The fourth-order valence-corrected chi connectivity index (χ4v) is 11.9. The molecular formula is C68H132O17P2. The summed E-state index contributed by atoms with van der Waals surface area (Å²) in [6.07, 6.45) is 47.7. The first-order valence-corrected chi connectivity index (χ1v) is 38.6. The van der Waals surface area contributed by atoms with Crippen molar-refractivity contribution in [3.63, 3.8) is 0 Å². The van der Waals surface area contributed by atoms with Crippen LogP contribution in [0.2, 0.25) is 0 Å². The van der Waals surface area contributed by atoms with Crippen molar-refractivity contribution >= 4 is 39.5 Å². The second-order valence-electron chi connectivity index (χ2n) is 25.0. The van der Waals surface area contributed by atoms with Crippen LogP contribution in [0.3, 0.4) is 0 Å². The Hall–Kier alpha value is -1.94. The van der Waals surface area contributed by atoms with Crippen LogP contribution in [-0.4, -0.2) is 96.7 Å². The molecular weight excluding hydrogens is 1150 g/mol. The predicted molar refractivity (Wildman–Crippen MR) is 349 cm³/mol. The Balaban J connectivity index is 5.13. The number of phosphoric acid groups is 2. The average Bonchev–Trinajstić information content (AvgIpc) is 3.51. The van der Waals surface area contributed by atoms with E-state index in [1.165, 1.54) is 161 Å². The molecule has 87 heavy (non-hydrogen) atoms. The molecule has 0 aliphatic rings. The molecule has 0 saturated carbocycles. The quantitative estimate of drug-likeness (QED) is 0.0222. The number of carbonyl (C=O) groups excluding carboxylic acids is 4. The average molecular weight is 1280 g/mol. The second kappa shape index (κ2) is 61.6. The van der Waals surface area contributed by atoms with E-state index in [4.69, 9.17) is 37.0 Å². The number of phosphoric ester groups is 2. The highest BCUT2D eigenvalue weighted by Gasteiger charge is 2.30. The SMILES string of the molecule is CCCCCCCCCCCCCCCCCCCC(=O)OC[C@H](COP(=O)(O)OC[C@@H](O)COP(=O)(O)OC[C@@H](COC(=O)CCCCCCC)OC(=O)CCCCCCCCCC)OC(=O)CCCCCCCCCCCCCCCCC(C)C. The standard InChI is InChI=1S/C68H132O17P2/c1-6-9-12-15-17-19-20-21-22-23-24-28-31-34-38-42-47-52-66(71)79-58-64(85-68(73)54-49-44-39-35-32-29-26-25-27-30-33-36-41-45-50-61(4)5)60-83-87(76,77)81-56-62(69)55-80-86(74,75)82-59-63(57-78-65(70)51-46-40-14-11-8-3)84-67(72)53-48-43-37-18-16-13-10-7-2/h61-64,69H,6-60H2,1-5H3,(H,74,75)(H,76,77)/t62-,63+,64+/m0/s1. The summed E-state index contributed by atoms with van der Waals surface area (Å²) in [5.74, 6) is -1.34. The van der Waals surface area contributed by atoms with Crippen molar-refractivity contribution in [2.24, 2.45) is 5.92 Å². The molecule has 0 aliphatic heterocycles. The lowest BCUT2D eigenvalue weighted by molar-refractivity contribution is -0.161. The van der Waals surface area contributed by atoms with Crippen LogP contribution in [0.15, 0.2) is 0 Å². The smallest absolute Gasteiger partial charge is 0.462 e. The molecule has 0 amide bonds. The van der Waals surface area contributed by atoms with Crippen molar-refractivity contribution in [1.29, 1.82) is 0 Å². The highest BCUT2D eigenvalue weighted by Crippen LogP contribution is 2.45. The topological polar surface area (TPSA) is 237 Å². The maximum atomic E-state index is 13.0. The van der Waals surface area contributed by atoms with Crippen LogP contribution in [-0.2, 0) is 65.4 Å². The Morgan fingerprint density at radius 3 is 0.782 bits per heavy atom. The van der Waals surface area contributed by atoms with E-state index in [1.807, 2.05) is 0 Å². The van der Waals surface area contributed by atoms with Gasteiger partial charge >= 0.3 is 39.5 Å². The predicted octanol–water partition coefficient (Wildman–Crippen LogP) is 19.4. The first-order valence-electron chi connectivity index (χ1n) is 35.6. The zero-order chi connectivity index (χ0) is 64.2. The van der Waals surface area contributed by atoms with Crippen LogP contribution < -0.4 is 0 Å². The molecule has 0 aliphatic carbocycles. The van der Waals surface area contributed by atoms with E-state index in [1.54, 1.807) is 0 Å². The van der Waals surface area contributed by atoms with Gasteiger partial charge in [0, 0.05) is 25.7 Å². The summed E-state index contributed by atoms with van der Waals surface area (Å²) in [6, 6.07) is 0. The molecule has 0 aromatic heterocycles. The third-order valence-electron chi connectivity index (χ3n) is 15.8. The van der Waals surface area contributed by atoms with Gasteiger partial charge in [0.25, 0.3) is 0 Å². The molecule has 19 heteroatoms. The summed E-state index contributed by atoms with van der Waals surface area (Å²) in [4.78, 5) is 72.1. The van der Waals surface area contributed by atoms with Crippen molar-refractivity contribution in [3.05, 3.63) is 0 Å². The van der Waals surface area contributed by atoms with Crippen molar-refractivity contribution in [2.75, 3.05) is 39.6 Å². The molecule has 5 atom stereocenters. The van der Waals surface area contributed by atoms with E-state index in [0.29, 0.717) is 25.7 Å². The van der Waals surface area contributed by atoms with Gasteiger partial charge in [0.15, 0.2) is 12.2 Å². The molecule has 0 aromatic rings. The Kier molecular flexibility index (Phi) is 60.2. The summed E-state index contributed by atoms with van der Waals surface area (Å²) in [7, 11) is -9.88. The zero-order valence-corrected chi connectivity index (χ0v) is 57.9. The van der Waals surface area contributed by atoms with Crippen molar-refractivity contribution < 1.29 is 80.2 Å². The Morgan fingerprint density at radius 2 is 0.529 bits per heavy atom. The third kappa shape index (κ3) is 62.6. The monoisotopic (exact) mass is 1280 g/mol. The number of unbranched alkanes of at least 4 members (excludes halogenated alkanes) is 40. The highest BCUT2D eigenvalue weighted by atomic mass is 31.2. The van der Waals surface area contributed by atoms with Gasteiger partial charge in [0.2, 0.25) is 0 Å². The van der Waals surface area contributed by atoms with E-state index in [0.717, 1.165) is 109 Å². The molecule has 0 radical (unpaired) electrons. The molecule has 0 bridgehead atoms. The number of carbonyl (C=O) groups is 4. The minimum Gasteiger partial charge on any atom is -0.462 e. The van der Waals surface area contributed by atoms with E-state index < -0.39 is 97.5 Å². The second-order valence-corrected chi connectivity index (χ2v) is 27.9. The summed E-state index contributed by atoms with van der Waals surface area (Å²) >= 11 is 0. The molecule has 0 rings (SSSR count). The van der Waals surface area contributed by atoms with Gasteiger partial charge in [-0.05, 0) is 31.6 Å². The first-order chi connectivity index (χ1) is 42.0. The molecule has 0 heterocycles. The van der Waals surface area contributed by atoms with Gasteiger partial charge < -0.3 is 33.8 Å². The van der Waals surface area contributed by atoms with Crippen molar-refractivity contribution in [1.82, 2.24) is 0 Å². The Labute approximate surface area is 530 Å². The number of aliphatic hydroxyl groups is 1. The zero-order valence-electron chi connectivity index (χ0n) is 56.2. The van der Waals surface area contributed by atoms with Gasteiger partial charge in [-0.25, -0.2) is 9.13 Å². The first kappa shape index (κ1) is 85.1. The number of aliphatic hydroxyl groups excluding tert-OH is 1. The molecule has 2 unspecified atom stereocenters. The van der Waals surface area contributed by atoms with Crippen molar-refractivity contribution in [2.45, 2.75) is 368 Å². The molecule has 0 aromatic carbocycles. The fourth-order valence-electron chi connectivity index (χ4n) is 10.3. The van der Waals surface area contributed by atoms with Crippen LogP contribution in [0.1, 0.15) is 349 Å². The van der Waals surface area contributed by atoms with Crippen LogP contribution in [0.4, 0.5) is 0 Å². The Bertz CT molecular complexity index is 1690. The van der Waals surface area contributed by atoms with Gasteiger partial charge in [-0.15, -0.1) is 0 Å². The van der Waals surface area contributed by atoms with Gasteiger partial charge in [0.05, 0.1) is 26.4 Å². The lowest BCUT2D eigenvalue weighted by atomic mass is 10.0. The van der Waals surface area contributed by atoms with Crippen LogP contribution in [0.5, 0.6) is 0 Å². The van der Waals surface area contributed by atoms with E-state index in [9.17, 15) is 43.2 Å². The minimum atomic E-state index is -4.95. The van der Waals surface area contributed by atoms with E-state index >= 15 is 0 Å². The van der Waals surface area contributed by atoms with E-state index in [2.05, 4.69) is 34.6 Å². The van der Waals surface area contributed by atoms with Gasteiger partial charge in [-0.3, -0.25) is 37.3 Å². The summed E-state index contributed by atoms with van der Waals surface area (Å²) in [5, 5.41) is 10.5. The lowest BCUT2D eigenvalue weighted by Gasteiger charge is -2.21. The molecule has 0 spiro atoms. The number of esters is 4. The summed E-state index contributed by atoms with van der Waals surface area (Å²) < 4.78 is 67.9. The summed E-state index contributed by atoms with van der Waals surface area (Å²) in [5.41, 5.74) is 0. The van der Waals surface area contributed by atoms with Gasteiger partial charge in [-0.2, -0.15) is 0 Å². The minimum absolute atomic E-state index is 0.104. The highest BCUT2D eigenvalue weighted by molar-refractivity contribution is 7.47. The number of rotatable bonds is 68. The molecule has 516 valence electrons. The number of hydrogen-bond acceptors (Lipinski definition) is 15.